The van der Waals surface area contributed by atoms with Crippen LogP contribution in [-0.2, 0) is 16.1 Å². The second kappa shape index (κ2) is 12.4. The molecule has 0 atom stereocenters. The molecule has 1 aliphatic carbocycles. The Morgan fingerprint density at radius 1 is 1.06 bits per heavy atom. The number of carboxylic acid groups (broad SMARTS) is 1. The average molecular weight is 495 g/mol. The first-order valence-electron chi connectivity index (χ1n) is 12.3. The van der Waals surface area contributed by atoms with Gasteiger partial charge >= 0.3 is 5.97 Å². The van der Waals surface area contributed by atoms with Crippen molar-refractivity contribution in [3.05, 3.63) is 60.2 Å². The zero-order chi connectivity index (χ0) is 24.6. The van der Waals surface area contributed by atoms with Gasteiger partial charge in [-0.3, -0.25) is 4.68 Å². The fourth-order valence-electron chi connectivity index (χ4n) is 4.86. The topological polar surface area (TPSA) is 84.6 Å². The molecule has 186 valence electrons. The molecule has 1 heterocycles. The molecule has 0 unspecified atom stereocenters. The highest BCUT2D eigenvalue weighted by molar-refractivity contribution is 7.99. The van der Waals surface area contributed by atoms with E-state index < -0.39 is 5.97 Å². The maximum atomic E-state index is 10.7. The number of rotatable bonds is 11. The zero-order valence-electron chi connectivity index (χ0n) is 20.2. The molecular formula is C28H34N2O4S. The number of aromatic nitrogens is 2. The highest BCUT2D eigenvalue weighted by Gasteiger charge is 2.26. The van der Waals surface area contributed by atoms with Crippen LogP contribution in [0, 0.1) is 18.8 Å². The average Bonchev–Trinajstić information content (AvgIpc) is 3.22. The second-order valence-corrected chi connectivity index (χ2v) is 10.4. The SMILES string of the molecule is Cc1cccc(-c2c(-c3ccccc3)nn(C[C@H]3CC[C@H](COCC(=O)O)CC3)c2SCCO)c1. The van der Waals surface area contributed by atoms with E-state index in [-0.39, 0.29) is 13.2 Å². The van der Waals surface area contributed by atoms with E-state index >= 15 is 0 Å². The fourth-order valence-corrected chi connectivity index (χ4v) is 5.76. The summed E-state index contributed by atoms with van der Waals surface area (Å²) >= 11 is 1.67. The van der Waals surface area contributed by atoms with Crippen molar-refractivity contribution in [3.63, 3.8) is 0 Å². The van der Waals surface area contributed by atoms with E-state index in [0.717, 1.165) is 59.6 Å². The molecule has 0 saturated heterocycles. The lowest BCUT2D eigenvalue weighted by Crippen LogP contribution is -2.23. The number of aliphatic carboxylic acids is 1. The number of carbonyl (C=O) groups is 1. The summed E-state index contributed by atoms with van der Waals surface area (Å²) in [7, 11) is 0. The van der Waals surface area contributed by atoms with Gasteiger partial charge in [0.05, 0.1) is 13.2 Å². The molecule has 1 fully saturated rings. The molecule has 3 aromatic rings. The lowest BCUT2D eigenvalue weighted by Gasteiger charge is -2.28. The van der Waals surface area contributed by atoms with Crippen molar-refractivity contribution in [3.8, 4) is 22.4 Å². The third-order valence-corrected chi connectivity index (χ3v) is 7.64. The summed E-state index contributed by atoms with van der Waals surface area (Å²) in [5.41, 5.74) is 5.56. The van der Waals surface area contributed by atoms with Gasteiger partial charge < -0.3 is 14.9 Å². The summed E-state index contributed by atoms with van der Waals surface area (Å²) in [4.78, 5) is 10.7. The van der Waals surface area contributed by atoms with E-state index in [2.05, 4.69) is 48.0 Å². The van der Waals surface area contributed by atoms with Crippen molar-refractivity contribution < 1.29 is 19.7 Å². The number of carboxylic acids is 1. The number of thioether (sulfide) groups is 1. The molecule has 1 aromatic heterocycles. The normalized spacial score (nSPS) is 18.0. The largest absolute Gasteiger partial charge is 0.480 e. The van der Waals surface area contributed by atoms with Gasteiger partial charge in [-0.15, -0.1) is 11.8 Å². The van der Waals surface area contributed by atoms with Crippen LogP contribution in [0.4, 0.5) is 0 Å². The van der Waals surface area contributed by atoms with Gasteiger partial charge in [-0.2, -0.15) is 5.10 Å². The Morgan fingerprint density at radius 2 is 1.77 bits per heavy atom. The Hall–Kier alpha value is -2.61. The van der Waals surface area contributed by atoms with Gasteiger partial charge in [0, 0.05) is 23.4 Å². The first-order chi connectivity index (χ1) is 17.0. The number of nitrogens with zero attached hydrogens (tertiary/aromatic N) is 2. The van der Waals surface area contributed by atoms with Crippen molar-refractivity contribution in [2.24, 2.45) is 11.8 Å². The monoisotopic (exact) mass is 494 g/mol. The zero-order valence-corrected chi connectivity index (χ0v) is 21.0. The molecular weight excluding hydrogens is 460 g/mol. The summed E-state index contributed by atoms with van der Waals surface area (Å²) in [6, 6.07) is 18.9. The summed E-state index contributed by atoms with van der Waals surface area (Å²) in [5.74, 6) is 0.637. The Morgan fingerprint density at radius 3 is 2.46 bits per heavy atom. The summed E-state index contributed by atoms with van der Waals surface area (Å²) < 4.78 is 7.49. The number of hydrogen-bond donors (Lipinski definition) is 2. The first-order valence-corrected chi connectivity index (χ1v) is 13.3. The summed E-state index contributed by atoms with van der Waals surface area (Å²) in [6.45, 7) is 3.36. The molecule has 0 amide bonds. The summed E-state index contributed by atoms with van der Waals surface area (Å²) in [5, 5.41) is 24.6. The number of aliphatic hydroxyl groups excluding tert-OH is 1. The molecule has 7 heteroatoms. The van der Waals surface area contributed by atoms with Crippen molar-refractivity contribution in [2.45, 2.75) is 44.2 Å². The van der Waals surface area contributed by atoms with E-state index in [0.29, 0.717) is 24.2 Å². The van der Waals surface area contributed by atoms with Crippen LogP contribution in [0.3, 0.4) is 0 Å². The molecule has 2 N–H and O–H groups in total. The third-order valence-electron chi connectivity index (χ3n) is 6.57. The molecule has 0 bridgehead atoms. The fraction of sp³-hybridized carbons (Fsp3) is 0.429. The van der Waals surface area contributed by atoms with Crippen LogP contribution in [0.25, 0.3) is 22.4 Å². The van der Waals surface area contributed by atoms with E-state index in [9.17, 15) is 9.90 Å². The van der Waals surface area contributed by atoms with E-state index in [1.54, 1.807) is 11.8 Å². The Labute approximate surface area is 211 Å². The summed E-state index contributed by atoms with van der Waals surface area (Å²) in [6.07, 6.45) is 4.24. The van der Waals surface area contributed by atoms with E-state index in [1.807, 2.05) is 18.2 Å². The van der Waals surface area contributed by atoms with Gasteiger partial charge in [-0.1, -0.05) is 60.2 Å². The lowest BCUT2D eigenvalue weighted by molar-refractivity contribution is -0.142. The Balaban J connectivity index is 1.60. The van der Waals surface area contributed by atoms with E-state index in [1.165, 1.54) is 5.56 Å². The minimum atomic E-state index is -0.913. The van der Waals surface area contributed by atoms with Gasteiger partial charge in [0.15, 0.2) is 0 Å². The highest BCUT2D eigenvalue weighted by atomic mass is 32.2. The molecule has 0 spiro atoms. The lowest BCUT2D eigenvalue weighted by atomic mass is 9.82. The van der Waals surface area contributed by atoms with Crippen LogP contribution in [0.5, 0.6) is 0 Å². The number of benzene rings is 2. The number of hydrogen-bond acceptors (Lipinski definition) is 5. The third kappa shape index (κ3) is 6.75. The number of aliphatic hydroxyl groups is 1. The van der Waals surface area contributed by atoms with Gasteiger partial charge in [-0.05, 0) is 50.0 Å². The van der Waals surface area contributed by atoms with Gasteiger partial charge in [-0.25, -0.2) is 4.79 Å². The van der Waals surface area contributed by atoms with Crippen molar-refractivity contribution >= 4 is 17.7 Å². The molecule has 0 aliphatic heterocycles. The maximum absolute atomic E-state index is 10.7. The van der Waals surface area contributed by atoms with Crippen LogP contribution in [-0.4, -0.2) is 51.5 Å². The molecule has 35 heavy (non-hydrogen) atoms. The van der Waals surface area contributed by atoms with Gasteiger partial charge in [0.2, 0.25) is 0 Å². The Bertz CT molecular complexity index is 1110. The second-order valence-electron chi connectivity index (χ2n) is 9.31. The minimum absolute atomic E-state index is 0.116. The van der Waals surface area contributed by atoms with Gasteiger partial charge in [0.25, 0.3) is 0 Å². The quantitative estimate of drug-likeness (QED) is 0.342. The molecule has 6 nitrogen and oxygen atoms in total. The number of ether oxygens (including phenoxy) is 1. The maximum Gasteiger partial charge on any atom is 0.329 e. The van der Waals surface area contributed by atoms with Crippen LogP contribution in [0.1, 0.15) is 31.2 Å². The van der Waals surface area contributed by atoms with Crippen molar-refractivity contribution in [1.29, 1.82) is 0 Å². The standard InChI is InChI=1S/C28H34N2O4S/c1-20-6-5-9-24(16-20)26-27(23-7-3-2-4-8-23)29-30(28(26)35-15-14-31)17-21-10-12-22(13-11-21)18-34-19-25(32)33/h2-9,16,21-22,31H,10-15,17-19H2,1H3,(H,32,33)/t21-,22-. The molecule has 0 radical (unpaired) electrons. The van der Waals surface area contributed by atoms with Gasteiger partial charge in [0.1, 0.15) is 17.3 Å². The van der Waals surface area contributed by atoms with Crippen LogP contribution in [0.2, 0.25) is 0 Å². The Kier molecular flexibility index (Phi) is 9.01. The van der Waals surface area contributed by atoms with Crippen LogP contribution >= 0.6 is 11.8 Å². The smallest absolute Gasteiger partial charge is 0.329 e. The number of aryl methyl sites for hydroxylation is 1. The minimum Gasteiger partial charge on any atom is -0.480 e. The molecule has 4 rings (SSSR count). The molecule has 2 aromatic carbocycles. The predicted molar refractivity (Wildman–Crippen MR) is 140 cm³/mol. The van der Waals surface area contributed by atoms with Crippen LogP contribution < -0.4 is 0 Å². The first kappa shape index (κ1) is 25.5. The predicted octanol–water partition coefficient (Wildman–Crippen LogP) is 5.52. The molecule has 1 saturated carbocycles. The van der Waals surface area contributed by atoms with Crippen LogP contribution in [0.15, 0.2) is 59.6 Å². The van der Waals surface area contributed by atoms with E-state index in [4.69, 9.17) is 14.9 Å². The highest BCUT2D eigenvalue weighted by Crippen LogP contribution is 2.41. The van der Waals surface area contributed by atoms with Crippen molar-refractivity contribution in [1.82, 2.24) is 9.78 Å². The molecule has 1 aliphatic rings. The van der Waals surface area contributed by atoms with Crippen molar-refractivity contribution in [2.75, 3.05) is 25.6 Å².